The highest BCUT2D eigenvalue weighted by molar-refractivity contribution is 8.00. The van der Waals surface area contributed by atoms with Gasteiger partial charge in [0.05, 0.1) is 0 Å². The molecule has 0 radical (unpaired) electrons. The van der Waals surface area contributed by atoms with Gasteiger partial charge in [0.25, 0.3) is 0 Å². The Bertz CT molecular complexity index is 603. The molecule has 0 bridgehead atoms. The first-order valence-corrected chi connectivity index (χ1v) is 8.25. The van der Waals surface area contributed by atoms with Gasteiger partial charge in [-0.1, -0.05) is 42.1 Å². The van der Waals surface area contributed by atoms with Gasteiger partial charge in [0, 0.05) is 5.75 Å². The van der Waals surface area contributed by atoms with Crippen LogP contribution in [0.15, 0.2) is 34.7 Å². The Hall–Kier alpha value is -1.44. The quantitative estimate of drug-likeness (QED) is 0.763. The normalized spacial score (nSPS) is 13.8. The number of carboxylic acid groups (broad SMARTS) is 1. The summed E-state index contributed by atoms with van der Waals surface area (Å²) >= 11 is 2.88. The Kier molecular flexibility index (Phi) is 5.33. The lowest BCUT2D eigenvalue weighted by Gasteiger charge is -2.29. The highest BCUT2D eigenvalue weighted by atomic mass is 32.2. The summed E-state index contributed by atoms with van der Waals surface area (Å²) in [5.41, 5.74) is -0.317. The number of benzene rings is 1. The molecule has 1 aromatic heterocycles. The van der Waals surface area contributed by atoms with Crippen molar-refractivity contribution in [2.45, 2.75) is 23.2 Å². The highest BCUT2D eigenvalue weighted by Crippen LogP contribution is 2.29. The predicted molar refractivity (Wildman–Crippen MR) is 84.8 cm³/mol. The monoisotopic (exact) mass is 323 g/mol. The molecule has 0 saturated heterocycles. The molecule has 2 rings (SSSR count). The fourth-order valence-corrected chi connectivity index (χ4v) is 3.88. The molecule has 112 valence electrons. The lowest BCUT2D eigenvalue weighted by Crippen LogP contribution is -2.47. The van der Waals surface area contributed by atoms with Crippen LogP contribution in [-0.2, 0) is 10.3 Å². The van der Waals surface area contributed by atoms with Gasteiger partial charge in [-0.3, -0.25) is 0 Å². The first kappa shape index (κ1) is 15.9. The van der Waals surface area contributed by atoms with E-state index in [0.717, 1.165) is 15.7 Å². The smallest absolute Gasteiger partial charge is 0.328 e. The average Bonchev–Trinajstić information content (AvgIpc) is 2.90. The summed E-state index contributed by atoms with van der Waals surface area (Å²) in [5, 5.41) is 12.7. The van der Waals surface area contributed by atoms with E-state index in [-0.39, 0.29) is 0 Å². The van der Waals surface area contributed by atoms with Gasteiger partial charge in [-0.05, 0) is 37.5 Å². The lowest BCUT2D eigenvalue weighted by atomic mass is 9.87. The third-order valence-corrected chi connectivity index (χ3v) is 5.20. The van der Waals surface area contributed by atoms with Gasteiger partial charge in [-0.2, -0.15) is 4.37 Å². The van der Waals surface area contributed by atoms with Crippen LogP contribution in [0.3, 0.4) is 0 Å². The van der Waals surface area contributed by atoms with Crippen molar-refractivity contribution in [1.29, 1.82) is 0 Å². The van der Waals surface area contributed by atoms with Crippen molar-refractivity contribution in [3.05, 3.63) is 41.7 Å². The average molecular weight is 323 g/mol. The number of rotatable bonds is 7. The molecule has 1 atom stereocenters. The molecule has 1 unspecified atom stereocenters. The van der Waals surface area contributed by atoms with Crippen molar-refractivity contribution in [2.24, 2.45) is 0 Å². The second-order valence-corrected chi connectivity index (χ2v) is 6.63. The molecule has 0 aliphatic carbocycles. The van der Waals surface area contributed by atoms with Gasteiger partial charge >= 0.3 is 5.97 Å². The van der Waals surface area contributed by atoms with Gasteiger partial charge in [0.2, 0.25) is 0 Å². The summed E-state index contributed by atoms with van der Waals surface area (Å²) in [7, 11) is 1.68. The van der Waals surface area contributed by atoms with E-state index in [1.54, 1.807) is 7.05 Å². The Balaban J connectivity index is 2.12. The zero-order valence-electron chi connectivity index (χ0n) is 11.9. The molecular weight excluding hydrogens is 306 g/mol. The maximum absolute atomic E-state index is 11.8. The fourth-order valence-electron chi connectivity index (χ4n) is 2.10. The number of carboxylic acids is 1. The van der Waals surface area contributed by atoms with Gasteiger partial charge in [0.1, 0.15) is 11.4 Å². The van der Waals surface area contributed by atoms with E-state index in [9.17, 15) is 9.90 Å². The van der Waals surface area contributed by atoms with Crippen LogP contribution in [-0.4, -0.2) is 33.2 Å². The van der Waals surface area contributed by atoms with Crippen LogP contribution in [0, 0.1) is 6.92 Å². The molecule has 2 aromatic rings. The number of nitrogens with one attached hydrogen (secondary N) is 1. The summed E-state index contributed by atoms with van der Waals surface area (Å²) in [6, 6.07) is 9.26. The van der Waals surface area contributed by atoms with Gasteiger partial charge in [-0.15, -0.1) is 0 Å². The standard InChI is InChI=1S/C14H17N3O2S2/c1-10-16-13(21-17-10)20-9-8-14(15-2,12(18)19)11-6-4-3-5-7-11/h3-7,15H,8-9H2,1-2H3,(H,18,19). The minimum atomic E-state index is -1.08. The summed E-state index contributed by atoms with van der Waals surface area (Å²) in [6.45, 7) is 1.85. The SMILES string of the molecule is CNC(CCSc1nc(C)ns1)(C(=O)O)c1ccccc1. The number of aryl methyl sites for hydroxylation is 1. The van der Waals surface area contributed by atoms with E-state index in [1.165, 1.54) is 23.3 Å². The van der Waals surface area contributed by atoms with Crippen molar-refractivity contribution in [1.82, 2.24) is 14.7 Å². The fraction of sp³-hybridized carbons (Fsp3) is 0.357. The second-order valence-electron chi connectivity index (χ2n) is 4.53. The van der Waals surface area contributed by atoms with Crippen LogP contribution in [0.4, 0.5) is 0 Å². The van der Waals surface area contributed by atoms with Crippen LogP contribution in [0.5, 0.6) is 0 Å². The van der Waals surface area contributed by atoms with Crippen LogP contribution in [0.1, 0.15) is 17.8 Å². The molecule has 21 heavy (non-hydrogen) atoms. The molecule has 7 heteroatoms. The molecule has 0 amide bonds. The molecular formula is C14H17N3O2S2. The molecule has 0 fully saturated rings. The number of aromatic nitrogens is 2. The molecule has 0 aliphatic heterocycles. The summed E-state index contributed by atoms with van der Waals surface area (Å²) in [4.78, 5) is 16.1. The molecule has 0 saturated carbocycles. The molecule has 1 heterocycles. The number of likely N-dealkylation sites (N-methyl/N-ethyl adjacent to an activating group) is 1. The van der Waals surface area contributed by atoms with Crippen LogP contribution < -0.4 is 5.32 Å². The molecule has 1 aromatic carbocycles. The summed E-state index contributed by atoms with van der Waals surface area (Å²) in [5.74, 6) is 0.533. The molecule has 0 spiro atoms. The maximum atomic E-state index is 11.8. The first-order valence-electron chi connectivity index (χ1n) is 6.49. The Labute approximate surface area is 132 Å². The third-order valence-electron chi connectivity index (χ3n) is 3.27. The van der Waals surface area contributed by atoms with Crippen molar-refractivity contribution in [3.63, 3.8) is 0 Å². The molecule has 5 nitrogen and oxygen atoms in total. The first-order chi connectivity index (χ1) is 10.1. The number of hydrogen-bond donors (Lipinski definition) is 2. The van der Waals surface area contributed by atoms with E-state index in [0.29, 0.717) is 12.2 Å². The molecule has 0 aliphatic rings. The van der Waals surface area contributed by atoms with Crippen LogP contribution >= 0.6 is 23.3 Å². The number of hydrogen-bond acceptors (Lipinski definition) is 6. The van der Waals surface area contributed by atoms with E-state index >= 15 is 0 Å². The number of nitrogens with zero attached hydrogens (tertiary/aromatic N) is 2. The largest absolute Gasteiger partial charge is 0.480 e. The Morgan fingerprint density at radius 3 is 2.67 bits per heavy atom. The van der Waals surface area contributed by atoms with Crippen LogP contribution in [0.25, 0.3) is 0 Å². The topological polar surface area (TPSA) is 75.1 Å². The maximum Gasteiger partial charge on any atom is 0.328 e. The zero-order valence-corrected chi connectivity index (χ0v) is 13.5. The Morgan fingerprint density at radius 2 is 2.14 bits per heavy atom. The minimum absolute atomic E-state index is 0.464. The van der Waals surface area contributed by atoms with Crippen molar-refractivity contribution in [3.8, 4) is 0 Å². The summed E-state index contributed by atoms with van der Waals surface area (Å²) < 4.78 is 4.99. The van der Waals surface area contributed by atoms with E-state index < -0.39 is 11.5 Å². The highest BCUT2D eigenvalue weighted by Gasteiger charge is 2.38. The van der Waals surface area contributed by atoms with E-state index in [1.807, 2.05) is 37.3 Å². The van der Waals surface area contributed by atoms with Gasteiger partial charge < -0.3 is 10.4 Å². The number of carbonyl (C=O) groups is 1. The number of thioether (sulfide) groups is 1. The lowest BCUT2D eigenvalue weighted by molar-refractivity contribution is -0.145. The number of aliphatic carboxylic acids is 1. The van der Waals surface area contributed by atoms with Crippen molar-refractivity contribution >= 4 is 29.3 Å². The van der Waals surface area contributed by atoms with Crippen molar-refractivity contribution in [2.75, 3.05) is 12.8 Å². The summed E-state index contributed by atoms with van der Waals surface area (Å²) in [6.07, 6.45) is 0.464. The zero-order chi connectivity index (χ0) is 15.3. The molecule has 2 N–H and O–H groups in total. The van der Waals surface area contributed by atoms with Gasteiger partial charge in [-0.25, -0.2) is 9.78 Å². The van der Waals surface area contributed by atoms with E-state index in [4.69, 9.17) is 0 Å². The third kappa shape index (κ3) is 3.61. The van der Waals surface area contributed by atoms with E-state index in [2.05, 4.69) is 14.7 Å². The van der Waals surface area contributed by atoms with Gasteiger partial charge in [0.15, 0.2) is 4.34 Å². The predicted octanol–water partition coefficient (Wildman–Crippen LogP) is 2.53. The van der Waals surface area contributed by atoms with Crippen LogP contribution in [0.2, 0.25) is 0 Å². The minimum Gasteiger partial charge on any atom is -0.480 e. The van der Waals surface area contributed by atoms with Crippen molar-refractivity contribution < 1.29 is 9.90 Å². The Morgan fingerprint density at radius 1 is 1.43 bits per heavy atom. The second kappa shape index (κ2) is 7.02.